The number of hydrogen-bond acceptors (Lipinski definition) is 3. The fourth-order valence-electron chi connectivity index (χ4n) is 7.86. The van der Waals surface area contributed by atoms with Gasteiger partial charge in [-0.25, -0.2) is 15.0 Å². The van der Waals surface area contributed by atoms with E-state index in [0.29, 0.717) is 28.6 Å². The molecule has 0 radical (unpaired) electrons. The Morgan fingerprint density at radius 3 is 1.02 bits per heavy atom. The summed E-state index contributed by atoms with van der Waals surface area (Å²) in [5, 5.41) is 8.79. The van der Waals surface area contributed by atoms with Gasteiger partial charge in [0.05, 0.1) is 6.85 Å². The van der Waals surface area contributed by atoms with Crippen LogP contribution in [0.25, 0.3) is 111 Å². The fourth-order valence-corrected chi connectivity index (χ4v) is 7.86. The van der Waals surface area contributed by atoms with Crippen molar-refractivity contribution in [1.29, 1.82) is 0 Å². The van der Waals surface area contributed by atoms with E-state index in [0.717, 1.165) is 65.7 Å². The van der Waals surface area contributed by atoms with Crippen molar-refractivity contribution in [3.05, 3.63) is 212 Å². The van der Waals surface area contributed by atoms with E-state index in [1.807, 2.05) is 54.6 Å². The highest BCUT2D eigenvalue weighted by atomic mass is 15.0. The highest BCUT2D eigenvalue weighted by Gasteiger charge is 2.16. The second-order valence-corrected chi connectivity index (χ2v) is 14.6. The zero-order chi connectivity index (χ0) is 42.8. The average Bonchev–Trinajstić information content (AvgIpc) is 3.34. The van der Waals surface area contributed by atoms with E-state index in [9.17, 15) is 0 Å². The average molecular weight is 743 g/mol. The third kappa shape index (κ3) is 6.35. The van der Waals surface area contributed by atoms with Crippen LogP contribution in [0.3, 0.4) is 0 Å². The third-order valence-corrected chi connectivity index (χ3v) is 10.9. The summed E-state index contributed by atoms with van der Waals surface area (Å²) < 4.78 is 43.4. The molecule has 0 fully saturated rings. The molecule has 1 heterocycles. The van der Waals surface area contributed by atoms with Gasteiger partial charge in [-0.3, -0.25) is 0 Å². The smallest absolute Gasteiger partial charge is 0.164 e. The van der Waals surface area contributed by atoms with Gasteiger partial charge in [0.1, 0.15) is 0 Å². The van der Waals surface area contributed by atoms with Crippen LogP contribution < -0.4 is 0 Å². The van der Waals surface area contributed by atoms with Crippen molar-refractivity contribution in [3.63, 3.8) is 0 Å². The SMILES string of the molecule is [2H]c1c([2H])c([2H])c(-c2cc(-c3ccc4cc(-c5ccc6ccccc6c5)ccc4c3)cc(-c3nc(-c4ccc5ccccc5c4)nc(-c4ccc5ccccc5c4)n3)c2)c([2H])c1[2H]. The molecule has 0 aliphatic carbocycles. The van der Waals surface area contributed by atoms with Crippen LogP contribution in [0.4, 0.5) is 0 Å². The highest BCUT2D eigenvalue weighted by Crippen LogP contribution is 2.36. The Morgan fingerprint density at radius 1 is 0.241 bits per heavy atom. The summed E-state index contributed by atoms with van der Waals surface area (Å²) >= 11 is 0. The summed E-state index contributed by atoms with van der Waals surface area (Å²) in [6.07, 6.45) is 0. The standard InChI is InChI=1S/C55H35N3/c1-2-10-36(11-3-1)50-33-51(47-25-24-45-29-44(22-23-46(45)30-47)43-21-18-37-12-4-7-15-40(37)28-43)35-52(34-50)55-57-53(48-26-19-38-13-5-8-16-41(38)31-48)56-54(58-55)49-27-20-39-14-6-9-17-42(39)32-49/h1-35H/i1D,2D,3D,10D,11D. The topological polar surface area (TPSA) is 38.7 Å². The van der Waals surface area contributed by atoms with Crippen molar-refractivity contribution in [2.75, 3.05) is 0 Å². The first-order valence-electron chi connectivity index (χ1n) is 21.7. The van der Waals surface area contributed by atoms with Crippen LogP contribution in [0.5, 0.6) is 0 Å². The van der Waals surface area contributed by atoms with Crippen molar-refractivity contribution in [2.24, 2.45) is 0 Å². The summed E-state index contributed by atoms with van der Waals surface area (Å²) in [6, 6.07) is 60.1. The molecule has 11 aromatic rings. The maximum Gasteiger partial charge on any atom is 0.164 e. The molecule has 0 bridgehead atoms. The second-order valence-electron chi connectivity index (χ2n) is 14.6. The van der Waals surface area contributed by atoms with E-state index in [-0.39, 0.29) is 17.6 Å². The Balaban J connectivity index is 1.10. The first-order valence-corrected chi connectivity index (χ1v) is 19.2. The zero-order valence-electron chi connectivity index (χ0n) is 36.2. The van der Waals surface area contributed by atoms with Gasteiger partial charge in [-0.2, -0.15) is 0 Å². The maximum atomic E-state index is 8.98. The van der Waals surface area contributed by atoms with Crippen LogP contribution in [0.1, 0.15) is 6.85 Å². The van der Waals surface area contributed by atoms with E-state index in [1.165, 1.54) is 10.8 Å². The van der Waals surface area contributed by atoms with Crippen LogP contribution in [0, 0.1) is 0 Å². The van der Waals surface area contributed by atoms with Crippen molar-refractivity contribution in [2.45, 2.75) is 0 Å². The van der Waals surface area contributed by atoms with Crippen molar-refractivity contribution in [1.82, 2.24) is 15.0 Å². The van der Waals surface area contributed by atoms with Gasteiger partial charge < -0.3 is 0 Å². The zero-order valence-corrected chi connectivity index (χ0v) is 31.2. The lowest BCUT2D eigenvalue weighted by atomic mass is 9.93. The molecule has 270 valence electrons. The fraction of sp³-hybridized carbons (Fsp3) is 0. The molecule has 0 atom stereocenters. The minimum absolute atomic E-state index is 0.100. The number of rotatable bonds is 6. The minimum Gasteiger partial charge on any atom is -0.208 e. The molecule has 3 nitrogen and oxygen atoms in total. The van der Waals surface area contributed by atoms with Gasteiger partial charge in [0, 0.05) is 16.7 Å². The molecule has 0 saturated heterocycles. The lowest BCUT2D eigenvalue weighted by Crippen LogP contribution is -2.01. The molecule has 0 spiro atoms. The molecule has 0 aliphatic rings. The maximum absolute atomic E-state index is 8.98. The summed E-state index contributed by atoms with van der Waals surface area (Å²) in [5.74, 6) is 1.35. The van der Waals surface area contributed by atoms with Gasteiger partial charge in [-0.15, -0.1) is 0 Å². The molecule has 0 N–H and O–H groups in total. The molecule has 0 aliphatic heterocycles. The first kappa shape index (κ1) is 28.6. The van der Waals surface area contributed by atoms with Crippen molar-refractivity contribution in [3.8, 4) is 67.5 Å². The quantitative estimate of drug-likeness (QED) is 0.170. The van der Waals surface area contributed by atoms with Crippen molar-refractivity contribution >= 4 is 43.1 Å². The van der Waals surface area contributed by atoms with Gasteiger partial charge in [0.15, 0.2) is 17.5 Å². The van der Waals surface area contributed by atoms with Gasteiger partial charge in [0.2, 0.25) is 0 Å². The summed E-state index contributed by atoms with van der Waals surface area (Å²) in [6.45, 7) is 0. The molecule has 0 unspecified atom stereocenters. The Morgan fingerprint density at radius 2 is 0.552 bits per heavy atom. The summed E-state index contributed by atoms with van der Waals surface area (Å²) in [4.78, 5) is 15.3. The molecule has 11 rings (SSSR count). The first-order chi connectivity index (χ1) is 30.7. The monoisotopic (exact) mass is 742 g/mol. The predicted molar refractivity (Wildman–Crippen MR) is 242 cm³/mol. The molecule has 0 saturated carbocycles. The van der Waals surface area contributed by atoms with E-state index in [1.54, 1.807) is 0 Å². The van der Waals surface area contributed by atoms with Crippen LogP contribution >= 0.6 is 0 Å². The Hall–Kier alpha value is -7.75. The van der Waals surface area contributed by atoms with Crippen molar-refractivity contribution < 1.29 is 6.85 Å². The van der Waals surface area contributed by atoms with E-state index in [2.05, 4.69) is 127 Å². The second kappa shape index (κ2) is 14.1. The van der Waals surface area contributed by atoms with Gasteiger partial charge in [-0.05, 0) is 125 Å². The third-order valence-electron chi connectivity index (χ3n) is 10.9. The Kier molecular flexibility index (Phi) is 6.95. The minimum atomic E-state index is -0.444. The summed E-state index contributed by atoms with van der Waals surface area (Å²) in [7, 11) is 0. The number of fused-ring (bicyclic) bond motifs is 4. The normalized spacial score (nSPS) is 12.7. The number of benzene rings is 10. The molecular formula is C55H35N3. The van der Waals surface area contributed by atoms with Crippen LogP contribution in [0.15, 0.2) is 212 Å². The van der Waals surface area contributed by atoms with Crippen LogP contribution in [0.2, 0.25) is 0 Å². The van der Waals surface area contributed by atoms with E-state index >= 15 is 0 Å². The number of nitrogens with zero attached hydrogens (tertiary/aromatic N) is 3. The molecule has 0 amide bonds. The molecular weight excluding hydrogens is 703 g/mol. The molecule has 58 heavy (non-hydrogen) atoms. The Labute approximate surface area is 343 Å². The van der Waals surface area contributed by atoms with Gasteiger partial charge >= 0.3 is 0 Å². The summed E-state index contributed by atoms with van der Waals surface area (Å²) in [5.41, 5.74) is 6.70. The van der Waals surface area contributed by atoms with Gasteiger partial charge in [-0.1, -0.05) is 164 Å². The Bertz CT molecular complexity index is 3530. The molecule has 10 aromatic carbocycles. The van der Waals surface area contributed by atoms with Crippen LogP contribution in [-0.4, -0.2) is 15.0 Å². The van der Waals surface area contributed by atoms with E-state index < -0.39 is 18.1 Å². The predicted octanol–water partition coefficient (Wildman–Crippen LogP) is 14.5. The number of hydrogen-bond donors (Lipinski definition) is 0. The van der Waals surface area contributed by atoms with Gasteiger partial charge in [0.25, 0.3) is 0 Å². The lowest BCUT2D eigenvalue weighted by molar-refractivity contribution is 1.08. The molecule has 3 heteroatoms. The largest absolute Gasteiger partial charge is 0.208 e. The lowest BCUT2D eigenvalue weighted by Gasteiger charge is -2.13. The highest BCUT2D eigenvalue weighted by molar-refractivity contribution is 5.94. The van der Waals surface area contributed by atoms with Crippen LogP contribution in [-0.2, 0) is 0 Å². The molecule has 1 aromatic heterocycles. The number of aromatic nitrogens is 3. The van der Waals surface area contributed by atoms with E-state index in [4.69, 9.17) is 21.8 Å².